The van der Waals surface area contributed by atoms with Gasteiger partial charge < -0.3 is 10.2 Å². The average molecular weight is 253 g/mol. The molecule has 3 nitrogen and oxygen atoms in total. The Balaban J connectivity index is 1.98. The average Bonchev–Trinajstić information content (AvgIpc) is 2.80. The molecule has 0 spiro atoms. The minimum Gasteiger partial charge on any atom is -0.338 e. The fourth-order valence-corrected chi connectivity index (χ4v) is 2.34. The lowest BCUT2D eigenvalue weighted by atomic mass is 9.99. The molecule has 2 rings (SSSR count). The molecule has 1 unspecified atom stereocenters. The monoisotopic (exact) mass is 252 g/mol. The summed E-state index contributed by atoms with van der Waals surface area (Å²) in [5.41, 5.74) is 1.26. The van der Waals surface area contributed by atoms with E-state index in [9.17, 15) is 4.79 Å². The van der Waals surface area contributed by atoms with E-state index in [4.69, 9.17) is 11.6 Å². The molecule has 1 aliphatic rings. The van der Waals surface area contributed by atoms with Gasteiger partial charge in [-0.1, -0.05) is 23.7 Å². The third kappa shape index (κ3) is 2.91. The summed E-state index contributed by atoms with van der Waals surface area (Å²) in [6.45, 7) is 4.25. The summed E-state index contributed by atoms with van der Waals surface area (Å²) in [4.78, 5) is 13.5. The van der Waals surface area contributed by atoms with Gasteiger partial charge in [0.05, 0.1) is 0 Å². The molecule has 1 N–H and O–H groups in total. The second-order valence-corrected chi connectivity index (χ2v) is 4.76. The van der Waals surface area contributed by atoms with Crippen LogP contribution in [0.25, 0.3) is 0 Å². The van der Waals surface area contributed by atoms with Crippen LogP contribution in [0.3, 0.4) is 0 Å². The van der Waals surface area contributed by atoms with Crippen molar-refractivity contribution in [2.75, 3.05) is 19.6 Å². The predicted octanol–water partition coefficient (Wildman–Crippen LogP) is 2.86. The number of carbonyl (C=O) groups excluding carboxylic acids is 1. The zero-order chi connectivity index (χ0) is 12.3. The third-order valence-electron chi connectivity index (χ3n) is 3.14. The van der Waals surface area contributed by atoms with E-state index in [2.05, 4.69) is 5.32 Å². The maximum Gasteiger partial charge on any atom is 0.317 e. The van der Waals surface area contributed by atoms with E-state index in [1.54, 1.807) is 0 Å². The number of carbonyl (C=O) groups is 1. The molecular weight excluding hydrogens is 236 g/mol. The Labute approximate surface area is 107 Å². The number of rotatable bonds is 2. The summed E-state index contributed by atoms with van der Waals surface area (Å²) in [6, 6.07) is 7.96. The Morgan fingerprint density at radius 1 is 1.47 bits per heavy atom. The Kier molecular flexibility index (Phi) is 3.89. The van der Waals surface area contributed by atoms with E-state index in [1.807, 2.05) is 36.1 Å². The maximum atomic E-state index is 11.7. The number of benzene rings is 1. The molecule has 4 heteroatoms. The van der Waals surface area contributed by atoms with Crippen LogP contribution in [0.2, 0.25) is 5.02 Å². The Hall–Kier alpha value is -1.22. The second-order valence-electron chi connectivity index (χ2n) is 4.32. The second kappa shape index (κ2) is 5.41. The van der Waals surface area contributed by atoms with Crippen molar-refractivity contribution >= 4 is 17.6 Å². The molecular formula is C13H17ClN2O. The van der Waals surface area contributed by atoms with Crippen molar-refractivity contribution in [3.63, 3.8) is 0 Å². The first-order chi connectivity index (χ1) is 8.20. The molecule has 0 saturated carbocycles. The van der Waals surface area contributed by atoms with Crippen LogP contribution in [0.15, 0.2) is 24.3 Å². The minimum atomic E-state index is 0.0453. The summed E-state index contributed by atoms with van der Waals surface area (Å²) in [5, 5.41) is 3.59. The topological polar surface area (TPSA) is 32.3 Å². The van der Waals surface area contributed by atoms with Crippen LogP contribution in [0.4, 0.5) is 4.79 Å². The number of nitrogens with one attached hydrogen (secondary N) is 1. The van der Waals surface area contributed by atoms with Gasteiger partial charge in [0.25, 0.3) is 0 Å². The molecule has 92 valence electrons. The van der Waals surface area contributed by atoms with Gasteiger partial charge in [-0.15, -0.1) is 0 Å². The molecule has 1 fully saturated rings. The third-order valence-corrected chi connectivity index (χ3v) is 3.40. The molecule has 17 heavy (non-hydrogen) atoms. The van der Waals surface area contributed by atoms with E-state index in [0.29, 0.717) is 12.5 Å². The van der Waals surface area contributed by atoms with E-state index in [1.165, 1.54) is 5.56 Å². The van der Waals surface area contributed by atoms with Gasteiger partial charge >= 0.3 is 6.03 Å². The molecule has 1 atom stereocenters. The quantitative estimate of drug-likeness (QED) is 0.863. The van der Waals surface area contributed by atoms with Crippen LogP contribution < -0.4 is 5.32 Å². The summed E-state index contributed by atoms with van der Waals surface area (Å²) in [6.07, 6.45) is 1.03. The molecule has 1 saturated heterocycles. The van der Waals surface area contributed by atoms with Crippen molar-refractivity contribution in [2.24, 2.45) is 0 Å². The first-order valence-electron chi connectivity index (χ1n) is 5.99. The van der Waals surface area contributed by atoms with Gasteiger partial charge in [-0.25, -0.2) is 4.79 Å². The Morgan fingerprint density at radius 2 is 2.18 bits per heavy atom. The molecule has 1 aromatic rings. The molecule has 0 aliphatic carbocycles. The first kappa shape index (κ1) is 12.2. The highest BCUT2D eigenvalue weighted by atomic mass is 35.5. The van der Waals surface area contributed by atoms with Gasteiger partial charge in [0.15, 0.2) is 0 Å². The highest BCUT2D eigenvalue weighted by molar-refractivity contribution is 6.30. The summed E-state index contributed by atoms with van der Waals surface area (Å²) in [5.74, 6) is 0.440. The summed E-state index contributed by atoms with van der Waals surface area (Å²) in [7, 11) is 0. The molecule has 0 aromatic heterocycles. The highest BCUT2D eigenvalue weighted by Crippen LogP contribution is 2.27. The van der Waals surface area contributed by atoms with Crippen LogP contribution in [0.1, 0.15) is 24.8 Å². The van der Waals surface area contributed by atoms with E-state index >= 15 is 0 Å². The standard InChI is InChI=1S/C13H17ClN2O/c1-2-15-13(17)16-8-7-11(9-16)10-3-5-12(14)6-4-10/h3-6,11H,2,7-9H2,1H3,(H,15,17). The smallest absolute Gasteiger partial charge is 0.317 e. The minimum absolute atomic E-state index is 0.0453. The van der Waals surface area contributed by atoms with Gasteiger partial charge in [0, 0.05) is 30.6 Å². The van der Waals surface area contributed by atoms with Crippen LogP contribution in [0.5, 0.6) is 0 Å². The van der Waals surface area contributed by atoms with Gasteiger partial charge in [-0.2, -0.15) is 0 Å². The Morgan fingerprint density at radius 3 is 2.82 bits per heavy atom. The summed E-state index contributed by atoms with van der Waals surface area (Å²) >= 11 is 5.86. The van der Waals surface area contributed by atoms with E-state index in [-0.39, 0.29) is 6.03 Å². The number of amides is 2. The zero-order valence-electron chi connectivity index (χ0n) is 9.95. The van der Waals surface area contributed by atoms with Crippen molar-refractivity contribution in [3.05, 3.63) is 34.9 Å². The largest absolute Gasteiger partial charge is 0.338 e. The number of nitrogens with zero attached hydrogens (tertiary/aromatic N) is 1. The molecule has 1 aromatic carbocycles. The molecule has 0 radical (unpaired) electrons. The fraction of sp³-hybridized carbons (Fsp3) is 0.462. The van der Waals surface area contributed by atoms with E-state index in [0.717, 1.165) is 24.5 Å². The van der Waals surface area contributed by atoms with Crippen molar-refractivity contribution in [1.82, 2.24) is 10.2 Å². The summed E-state index contributed by atoms with van der Waals surface area (Å²) < 4.78 is 0. The maximum absolute atomic E-state index is 11.7. The van der Waals surface area contributed by atoms with Crippen molar-refractivity contribution in [1.29, 1.82) is 0 Å². The number of urea groups is 1. The lowest BCUT2D eigenvalue weighted by Gasteiger charge is -2.16. The predicted molar refractivity (Wildman–Crippen MR) is 69.5 cm³/mol. The van der Waals surface area contributed by atoms with Gasteiger partial charge in [0.1, 0.15) is 0 Å². The highest BCUT2D eigenvalue weighted by Gasteiger charge is 2.26. The van der Waals surface area contributed by atoms with Crippen LogP contribution in [0, 0.1) is 0 Å². The molecule has 2 amide bonds. The molecule has 0 bridgehead atoms. The van der Waals surface area contributed by atoms with Crippen molar-refractivity contribution in [3.8, 4) is 0 Å². The SMILES string of the molecule is CCNC(=O)N1CCC(c2ccc(Cl)cc2)C1. The van der Waals surface area contributed by atoms with Crippen LogP contribution in [-0.2, 0) is 0 Å². The fourth-order valence-electron chi connectivity index (χ4n) is 2.21. The van der Waals surface area contributed by atoms with Gasteiger partial charge in [-0.3, -0.25) is 0 Å². The van der Waals surface area contributed by atoms with E-state index < -0.39 is 0 Å². The lowest BCUT2D eigenvalue weighted by molar-refractivity contribution is 0.209. The van der Waals surface area contributed by atoms with Crippen molar-refractivity contribution < 1.29 is 4.79 Å². The number of hydrogen-bond acceptors (Lipinski definition) is 1. The van der Waals surface area contributed by atoms with Crippen molar-refractivity contribution in [2.45, 2.75) is 19.3 Å². The molecule has 1 heterocycles. The number of likely N-dealkylation sites (tertiary alicyclic amines) is 1. The number of halogens is 1. The number of hydrogen-bond donors (Lipinski definition) is 1. The van der Waals surface area contributed by atoms with Gasteiger partial charge in [-0.05, 0) is 31.0 Å². The normalized spacial score (nSPS) is 19.4. The Bertz CT molecular complexity index is 391. The van der Waals surface area contributed by atoms with Crippen LogP contribution in [-0.4, -0.2) is 30.6 Å². The van der Waals surface area contributed by atoms with Crippen LogP contribution >= 0.6 is 11.6 Å². The lowest BCUT2D eigenvalue weighted by Crippen LogP contribution is -2.38. The molecule has 1 aliphatic heterocycles. The van der Waals surface area contributed by atoms with Gasteiger partial charge in [0.2, 0.25) is 0 Å². The zero-order valence-corrected chi connectivity index (χ0v) is 10.7. The first-order valence-corrected chi connectivity index (χ1v) is 6.36.